The maximum Gasteiger partial charge on any atom is 0.239 e. The van der Waals surface area contributed by atoms with Gasteiger partial charge in [0.05, 0.1) is 0 Å². The molecule has 1 fully saturated rings. The van der Waals surface area contributed by atoms with Gasteiger partial charge in [-0.15, -0.1) is 0 Å². The molecule has 1 aliphatic rings. The van der Waals surface area contributed by atoms with Gasteiger partial charge in [0.15, 0.2) is 0 Å². The van der Waals surface area contributed by atoms with Crippen molar-refractivity contribution >= 4 is 16.8 Å². The number of carbonyl (C=O) groups excluding carboxylic acids is 1. The largest absolute Gasteiger partial charge is 0.354 e. The lowest BCUT2D eigenvalue weighted by Gasteiger charge is -2.32. The summed E-state index contributed by atoms with van der Waals surface area (Å²) in [4.78, 5) is 14.8. The number of rotatable bonds is 6. The van der Waals surface area contributed by atoms with Crippen LogP contribution in [-0.4, -0.2) is 41.6 Å². The maximum atomic E-state index is 12.3. The molecular weight excluding hydrogens is 310 g/mol. The first-order valence-electron chi connectivity index (χ1n) is 9.30. The number of fused-ring (bicyclic) bond motifs is 1. The second kappa shape index (κ2) is 8.34. The molecule has 1 saturated heterocycles. The number of allylic oxidation sites excluding steroid dienone is 1. The first-order chi connectivity index (χ1) is 12.2. The van der Waals surface area contributed by atoms with Crippen molar-refractivity contribution in [2.45, 2.75) is 33.2 Å². The minimum absolute atomic E-state index is 0.105. The Balaban J connectivity index is 1.43. The molecular formula is C21H29N3O. The summed E-state index contributed by atoms with van der Waals surface area (Å²) in [6.07, 6.45) is 6.52. The Labute approximate surface area is 150 Å². The Morgan fingerprint density at radius 3 is 2.72 bits per heavy atom. The highest BCUT2D eigenvalue weighted by atomic mass is 16.1. The number of carbonyl (C=O) groups is 1. The minimum atomic E-state index is 0.105. The van der Waals surface area contributed by atoms with E-state index in [4.69, 9.17) is 0 Å². The molecule has 1 aliphatic heterocycles. The number of para-hydroxylation sites is 1. The number of amides is 1. The van der Waals surface area contributed by atoms with Crippen LogP contribution in [0, 0.1) is 5.92 Å². The van der Waals surface area contributed by atoms with E-state index in [2.05, 4.69) is 48.3 Å². The smallest absolute Gasteiger partial charge is 0.239 e. The summed E-state index contributed by atoms with van der Waals surface area (Å²) in [7, 11) is 0. The van der Waals surface area contributed by atoms with Crippen molar-refractivity contribution in [3.05, 3.63) is 48.2 Å². The highest BCUT2D eigenvalue weighted by molar-refractivity contribution is 5.83. The molecule has 4 heteroatoms. The normalized spacial score (nSPS) is 17.1. The summed E-state index contributed by atoms with van der Waals surface area (Å²) in [6.45, 7) is 8.84. The summed E-state index contributed by atoms with van der Waals surface area (Å²) in [5.41, 5.74) is 2.55. The van der Waals surface area contributed by atoms with Crippen LogP contribution in [0.3, 0.4) is 0 Å². The molecule has 4 nitrogen and oxygen atoms in total. The standard InChI is InChI=1S/C21H29N3O/c1-3-17(2)15-23-11-8-18(9-12-23)14-22-21(25)16-24-13-10-19-6-4-5-7-20(19)24/h3-7,10,13,18H,8-9,11-12,14-16H2,1-2H3,(H,22,25). The van der Waals surface area contributed by atoms with Crippen molar-refractivity contribution in [3.8, 4) is 0 Å². The van der Waals surface area contributed by atoms with Gasteiger partial charge in [-0.2, -0.15) is 0 Å². The fraction of sp³-hybridized carbons (Fsp3) is 0.476. The molecule has 1 aromatic heterocycles. The van der Waals surface area contributed by atoms with Crippen molar-refractivity contribution in [3.63, 3.8) is 0 Å². The molecule has 1 N–H and O–H groups in total. The van der Waals surface area contributed by atoms with Gasteiger partial charge in [-0.3, -0.25) is 9.69 Å². The van der Waals surface area contributed by atoms with E-state index >= 15 is 0 Å². The molecule has 1 amide bonds. The molecule has 0 bridgehead atoms. The predicted molar refractivity (Wildman–Crippen MR) is 104 cm³/mol. The van der Waals surface area contributed by atoms with Crippen LogP contribution in [0.1, 0.15) is 26.7 Å². The zero-order valence-corrected chi connectivity index (χ0v) is 15.4. The molecule has 0 aliphatic carbocycles. The Morgan fingerprint density at radius 2 is 1.96 bits per heavy atom. The van der Waals surface area contributed by atoms with E-state index in [1.165, 1.54) is 23.8 Å². The van der Waals surface area contributed by atoms with Gasteiger partial charge < -0.3 is 9.88 Å². The third kappa shape index (κ3) is 4.73. The van der Waals surface area contributed by atoms with Crippen LogP contribution in [0.25, 0.3) is 10.9 Å². The van der Waals surface area contributed by atoms with Gasteiger partial charge in [-0.05, 0) is 63.2 Å². The van der Waals surface area contributed by atoms with Crippen LogP contribution >= 0.6 is 0 Å². The monoisotopic (exact) mass is 339 g/mol. The summed E-state index contributed by atoms with van der Waals surface area (Å²) in [6, 6.07) is 10.2. The lowest BCUT2D eigenvalue weighted by Crippen LogP contribution is -2.39. The third-order valence-corrected chi connectivity index (χ3v) is 5.26. The van der Waals surface area contributed by atoms with E-state index in [9.17, 15) is 4.79 Å². The van der Waals surface area contributed by atoms with Crippen LogP contribution in [0.4, 0.5) is 0 Å². The van der Waals surface area contributed by atoms with Crippen molar-refractivity contribution in [1.29, 1.82) is 0 Å². The lowest BCUT2D eigenvalue weighted by molar-refractivity contribution is -0.121. The first kappa shape index (κ1) is 17.7. The Hall–Kier alpha value is -2.07. The fourth-order valence-corrected chi connectivity index (χ4v) is 3.54. The van der Waals surface area contributed by atoms with Gasteiger partial charge in [-0.1, -0.05) is 29.8 Å². The molecule has 0 unspecified atom stereocenters. The number of aromatic nitrogens is 1. The van der Waals surface area contributed by atoms with Gasteiger partial charge in [0, 0.05) is 24.8 Å². The van der Waals surface area contributed by atoms with Crippen LogP contribution in [0.15, 0.2) is 48.2 Å². The molecule has 134 valence electrons. The number of hydrogen-bond donors (Lipinski definition) is 1. The van der Waals surface area contributed by atoms with Crippen LogP contribution in [-0.2, 0) is 11.3 Å². The van der Waals surface area contributed by atoms with E-state index in [-0.39, 0.29) is 5.91 Å². The van der Waals surface area contributed by atoms with E-state index in [1.54, 1.807) is 0 Å². The average molecular weight is 339 g/mol. The second-order valence-corrected chi connectivity index (χ2v) is 7.16. The summed E-state index contributed by atoms with van der Waals surface area (Å²) in [5.74, 6) is 0.709. The summed E-state index contributed by atoms with van der Waals surface area (Å²) in [5, 5.41) is 4.31. The zero-order chi connectivity index (χ0) is 17.6. The quantitative estimate of drug-likeness (QED) is 0.819. The van der Waals surface area contributed by atoms with E-state index in [0.717, 1.165) is 31.7 Å². The predicted octanol–water partition coefficient (Wildman–Crippen LogP) is 3.44. The molecule has 0 atom stereocenters. The van der Waals surface area contributed by atoms with Crippen LogP contribution in [0.2, 0.25) is 0 Å². The molecule has 0 radical (unpaired) electrons. The molecule has 3 rings (SSSR count). The van der Waals surface area contributed by atoms with Crippen molar-refractivity contribution < 1.29 is 4.79 Å². The molecule has 0 saturated carbocycles. The van der Waals surface area contributed by atoms with Crippen LogP contribution < -0.4 is 5.32 Å². The van der Waals surface area contributed by atoms with Crippen LogP contribution in [0.5, 0.6) is 0 Å². The summed E-state index contributed by atoms with van der Waals surface area (Å²) < 4.78 is 2.02. The van der Waals surface area contributed by atoms with Gasteiger partial charge in [-0.25, -0.2) is 0 Å². The van der Waals surface area contributed by atoms with Gasteiger partial charge in [0.25, 0.3) is 0 Å². The molecule has 0 spiro atoms. The van der Waals surface area contributed by atoms with Crippen molar-refractivity contribution in [1.82, 2.24) is 14.8 Å². The number of hydrogen-bond acceptors (Lipinski definition) is 2. The maximum absolute atomic E-state index is 12.3. The first-order valence-corrected chi connectivity index (χ1v) is 9.30. The topological polar surface area (TPSA) is 37.3 Å². The summed E-state index contributed by atoms with van der Waals surface area (Å²) >= 11 is 0. The van der Waals surface area contributed by atoms with Crippen molar-refractivity contribution in [2.24, 2.45) is 5.92 Å². The fourth-order valence-electron chi connectivity index (χ4n) is 3.54. The Morgan fingerprint density at radius 1 is 1.20 bits per heavy atom. The SMILES string of the molecule is CC=C(C)CN1CCC(CNC(=O)Cn2ccc3ccccc32)CC1. The number of nitrogens with zero attached hydrogens (tertiary/aromatic N) is 2. The van der Waals surface area contributed by atoms with E-state index in [1.807, 2.05) is 22.9 Å². The number of piperidine rings is 1. The van der Waals surface area contributed by atoms with E-state index in [0.29, 0.717) is 12.5 Å². The molecule has 1 aromatic carbocycles. The second-order valence-electron chi connectivity index (χ2n) is 7.16. The average Bonchev–Trinajstić information content (AvgIpc) is 3.04. The van der Waals surface area contributed by atoms with Gasteiger partial charge in [0.2, 0.25) is 5.91 Å². The molecule has 2 aromatic rings. The third-order valence-electron chi connectivity index (χ3n) is 5.26. The molecule has 2 heterocycles. The number of likely N-dealkylation sites (tertiary alicyclic amines) is 1. The minimum Gasteiger partial charge on any atom is -0.354 e. The highest BCUT2D eigenvalue weighted by Crippen LogP contribution is 2.18. The highest BCUT2D eigenvalue weighted by Gasteiger charge is 2.19. The van der Waals surface area contributed by atoms with Crippen molar-refractivity contribution in [2.75, 3.05) is 26.2 Å². The number of nitrogens with one attached hydrogen (secondary N) is 1. The van der Waals surface area contributed by atoms with E-state index < -0.39 is 0 Å². The lowest BCUT2D eigenvalue weighted by atomic mass is 9.96. The zero-order valence-electron chi connectivity index (χ0n) is 15.4. The van der Waals surface area contributed by atoms with Gasteiger partial charge >= 0.3 is 0 Å². The Kier molecular flexibility index (Phi) is 5.92. The number of benzene rings is 1. The Bertz CT molecular complexity index is 738. The molecule has 25 heavy (non-hydrogen) atoms. The van der Waals surface area contributed by atoms with Gasteiger partial charge in [0.1, 0.15) is 6.54 Å².